The second-order valence-electron chi connectivity index (χ2n) is 17.4. The van der Waals surface area contributed by atoms with Gasteiger partial charge in [0.1, 0.15) is 36.3 Å². The Morgan fingerprint density at radius 2 is 1.56 bits per heavy atom. The highest BCUT2D eigenvalue weighted by molar-refractivity contribution is 5.79. The lowest BCUT2D eigenvalue weighted by Gasteiger charge is -2.47. The molecule has 12 heteroatoms. The van der Waals surface area contributed by atoms with Crippen molar-refractivity contribution in [1.82, 2.24) is 0 Å². The molecule has 10 saturated heterocycles. The highest BCUT2D eigenvalue weighted by Crippen LogP contribution is 2.54. The van der Waals surface area contributed by atoms with E-state index in [1.54, 1.807) is 7.11 Å². The molecule has 19 atom stereocenters. The van der Waals surface area contributed by atoms with Crippen molar-refractivity contribution in [2.45, 2.75) is 194 Å². The molecule has 0 radical (unpaired) electrons. The van der Waals surface area contributed by atoms with Crippen molar-refractivity contribution < 1.29 is 52.5 Å². The SMILES string of the molecule is C=C1CC2CC[C@@]34C[C@H]5OC6[C@@H](OC7CCC(CC(=O)CC8C(CC9OC(CCC1O2)C[C@@H](C)C9=C)OC(CC(O)CN)[C@@H]8OC)O[C@@H]7[C@@H]6O3)C5O4. The van der Waals surface area contributed by atoms with Gasteiger partial charge in [-0.15, -0.1) is 0 Å². The van der Waals surface area contributed by atoms with E-state index in [0.717, 1.165) is 56.1 Å². The van der Waals surface area contributed by atoms with Gasteiger partial charge in [-0.25, -0.2) is 0 Å². The van der Waals surface area contributed by atoms with E-state index in [0.29, 0.717) is 25.7 Å². The van der Waals surface area contributed by atoms with Gasteiger partial charge < -0.3 is 53.5 Å². The minimum Gasteiger partial charge on any atom is -0.392 e. The minimum absolute atomic E-state index is 0.0158. The Labute approximate surface area is 307 Å². The number of methoxy groups -OCH3 is 1. The number of fused-ring (bicyclic) bond motifs is 6. The lowest BCUT2D eigenvalue weighted by molar-refractivity contribution is -0.292. The molecule has 12 nitrogen and oxygen atoms in total. The number of carbonyl (C=O) groups excluding carboxylic acids is 1. The molecule has 10 fully saturated rings. The first-order valence-corrected chi connectivity index (χ1v) is 20.2. The molecule has 12 bridgehead atoms. The zero-order valence-electron chi connectivity index (χ0n) is 30.8. The van der Waals surface area contributed by atoms with Crippen molar-refractivity contribution in [2.75, 3.05) is 13.7 Å². The van der Waals surface area contributed by atoms with Gasteiger partial charge in [-0.05, 0) is 62.0 Å². The molecule has 3 N–H and O–H groups in total. The molecule has 0 aromatic carbocycles. The maximum atomic E-state index is 14.1. The molecule has 12 unspecified atom stereocenters. The number of aliphatic hydroxyl groups excluding tert-OH is 1. The number of carbonyl (C=O) groups is 1. The minimum atomic E-state index is -0.780. The largest absolute Gasteiger partial charge is 0.392 e. The molecule has 10 rings (SSSR count). The second kappa shape index (κ2) is 14.3. The first kappa shape index (κ1) is 36.4. The summed E-state index contributed by atoms with van der Waals surface area (Å²) < 4.78 is 60.0. The summed E-state index contributed by atoms with van der Waals surface area (Å²) in [5, 5.41) is 10.5. The van der Waals surface area contributed by atoms with Gasteiger partial charge in [0.25, 0.3) is 0 Å². The van der Waals surface area contributed by atoms with Crippen LogP contribution in [0.3, 0.4) is 0 Å². The molecular formula is C40H59NO11. The predicted octanol–water partition coefficient (Wildman–Crippen LogP) is 3.44. The Bertz CT molecular complexity index is 1380. The molecule has 290 valence electrons. The quantitative estimate of drug-likeness (QED) is 0.409. The van der Waals surface area contributed by atoms with Crippen LogP contribution in [-0.4, -0.2) is 128 Å². The van der Waals surface area contributed by atoms with Gasteiger partial charge in [0.15, 0.2) is 5.79 Å². The van der Waals surface area contributed by atoms with E-state index in [1.807, 2.05) is 0 Å². The van der Waals surface area contributed by atoms with Gasteiger partial charge in [-0.3, -0.25) is 4.79 Å². The lowest BCUT2D eigenvalue weighted by Crippen LogP contribution is -2.61. The van der Waals surface area contributed by atoms with Crippen LogP contribution in [-0.2, 0) is 47.4 Å². The molecule has 0 amide bonds. The third kappa shape index (κ3) is 6.59. The number of rotatable bonds is 4. The number of Topliss-reactive ketones (excluding diaryl/α,β-unsaturated/α-hetero) is 1. The van der Waals surface area contributed by atoms with Gasteiger partial charge in [0.05, 0.1) is 67.1 Å². The van der Waals surface area contributed by atoms with Crippen LogP contribution in [0.1, 0.15) is 90.4 Å². The van der Waals surface area contributed by atoms with Crippen LogP contribution in [0, 0.1) is 11.8 Å². The highest BCUT2D eigenvalue weighted by Gasteiger charge is 2.68. The fraction of sp³-hybridized carbons (Fsp3) is 0.875. The van der Waals surface area contributed by atoms with Crippen LogP contribution in [0.25, 0.3) is 0 Å². The highest BCUT2D eigenvalue weighted by atomic mass is 16.8. The van der Waals surface area contributed by atoms with Crippen molar-refractivity contribution in [3.8, 4) is 0 Å². The smallest absolute Gasteiger partial charge is 0.172 e. The van der Waals surface area contributed by atoms with E-state index in [1.165, 1.54) is 0 Å². The van der Waals surface area contributed by atoms with E-state index >= 15 is 0 Å². The standard InChI is InChI=1S/C40H59NO11/c1-19-11-24-5-7-28-20(2)12-26(45-28)9-10-40-17-33-36(51-40)37-38(50-33)39(52-40)35-29(49-37)8-6-25(47-35)13-22(42)14-27-31(16-30(46-24)21(19)3)48-32(34(27)44-4)15-23(43)18-41/h19,23-39,43H,2-3,5-18,41H2,1,4H3/t19-,23?,24?,25?,26?,27?,28?,29?,30?,31?,32?,33-,34-,35+,36?,37+,38?,39+,40+/m1/s1. The molecular weight excluding hydrogens is 670 g/mol. The Hall–Kier alpha value is -1.29. The van der Waals surface area contributed by atoms with Gasteiger partial charge in [-0.2, -0.15) is 0 Å². The summed E-state index contributed by atoms with van der Waals surface area (Å²) in [6.45, 7) is 11.3. The van der Waals surface area contributed by atoms with Crippen molar-refractivity contribution in [3.63, 3.8) is 0 Å². The average Bonchev–Trinajstić information content (AvgIpc) is 3.79. The van der Waals surface area contributed by atoms with Crippen molar-refractivity contribution in [3.05, 3.63) is 24.3 Å². The summed E-state index contributed by atoms with van der Waals surface area (Å²) in [5.74, 6) is -0.619. The topological polar surface area (TPSA) is 146 Å². The van der Waals surface area contributed by atoms with Crippen LogP contribution in [0.15, 0.2) is 24.3 Å². The Balaban J connectivity index is 0.994. The molecule has 10 heterocycles. The van der Waals surface area contributed by atoms with E-state index in [-0.39, 0.29) is 122 Å². The third-order valence-electron chi connectivity index (χ3n) is 14.0. The predicted molar refractivity (Wildman–Crippen MR) is 186 cm³/mol. The van der Waals surface area contributed by atoms with E-state index in [2.05, 4.69) is 20.1 Å². The molecule has 1 spiro atoms. The monoisotopic (exact) mass is 729 g/mol. The molecule has 10 aliphatic rings. The van der Waals surface area contributed by atoms with Gasteiger partial charge >= 0.3 is 0 Å². The maximum absolute atomic E-state index is 14.1. The van der Waals surface area contributed by atoms with Crippen molar-refractivity contribution in [2.24, 2.45) is 17.6 Å². The summed E-state index contributed by atoms with van der Waals surface area (Å²) in [6, 6.07) is 0. The molecule has 0 aromatic rings. The first-order valence-electron chi connectivity index (χ1n) is 20.2. The van der Waals surface area contributed by atoms with E-state index in [9.17, 15) is 9.90 Å². The fourth-order valence-electron chi connectivity index (χ4n) is 11.3. The van der Waals surface area contributed by atoms with Gasteiger partial charge in [0.2, 0.25) is 0 Å². The maximum Gasteiger partial charge on any atom is 0.172 e. The number of aliphatic hydroxyl groups is 1. The number of nitrogens with two attached hydrogens (primary N) is 1. The van der Waals surface area contributed by atoms with Crippen LogP contribution >= 0.6 is 0 Å². The molecule has 52 heavy (non-hydrogen) atoms. The van der Waals surface area contributed by atoms with Crippen molar-refractivity contribution in [1.29, 1.82) is 0 Å². The Kier molecular flexibility index (Phi) is 10.0. The lowest BCUT2D eigenvalue weighted by atomic mass is 9.81. The van der Waals surface area contributed by atoms with E-state index in [4.69, 9.17) is 48.4 Å². The van der Waals surface area contributed by atoms with Crippen molar-refractivity contribution >= 4 is 5.78 Å². The molecule has 0 aromatic heterocycles. The van der Waals surface area contributed by atoms with Crippen LogP contribution in [0.4, 0.5) is 0 Å². The van der Waals surface area contributed by atoms with Crippen LogP contribution < -0.4 is 5.73 Å². The third-order valence-corrected chi connectivity index (χ3v) is 14.0. The van der Waals surface area contributed by atoms with Gasteiger partial charge in [0, 0.05) is 58.1 Å². The van der Waals surface area contributed by atoms with Gasteiger partial charge in [-0.1, -0.05) is 20.1 Å². The molecule has 0 saturated carbocycles. The Morgan fingerprint density at radius 1 is 0.808 bits per heavy atom. The number of hydrogen-bond acceptors (Lipinski definition) is 12. The van der Waals surface area contributed by atoms with Crippen LogP contribution in [0.5, 0.6) is 0 Å². The zero-order valence-corrected chi connectivity index (χ0v) is 30.8. The zero-order chi connectivity index (χ0) is 35.9. The summed E-state index contributed by atoms with van der Waals surface area (Å²) in [4.78, 5) is 14.1. The van der Waals surface area contributed by atoms with E-state index < -0.39 is 18.0 Å². The second-order valence-corrected chi connectivity index (χ2v) is 17.4. The fourth-order valence-corrected chi connectivity index (χ4v) is 11.3. The summed E-state index contributed by atoms with van der Waals surface area (Å²) in [5.41, 5.74) is 8.01. The normalized spacial score (nSPS) is 52.4. The first-order chi connectivity index (χ1) is 25.1. The number of ketones is 1. The summed E-state index contributed by atoms with van der Waals surface area (Å²) >= 11 is 0. The van der Waals surface area contributed by atoms with Crippen LogP contribution in [0.2, 0.25) is 0 Å². The Morgan fingerprint density at radius 3 is 2.38 bits per heavy atom. The number of hydrogen-bond donors (Lipinski definition) is 2. The summed E-state index contributed by atoms with van der Waals surface area (Å²) in [6.07, 6.45) is 4.85. The number of ether oxygens (including phenoxy) is 9. The molecule has 0 aliphatic carbocycles. The average molecular weight is 730 g/mol. The molecule has 10 aliphatic heterocycles. The summed E-state index contributed by atoms with van der Waals surface area (Å²) in [7, 11) is 1.66.